The van der Waals surface area contributed by atoms with Gasteiger partial charge in [0, 0.05) is 28.5 Å². The first-order chi connectivity index (χ1) is 6.29. The monoisotopic (exact) mass is 173 g/mol. The summed E-state index contributed by atoms with van der Waals surface area (Å²) in [5, 5.41) is 8.78. The summed E-state index contributed by atoms with van der Waals surface area (Å²) in [5.41, 5.74) is 2.28. The van der Waals surface area contributed by atoms with Crippen molar-refractivity contribution in [2.24, 2.45) is 0 Å². The number of aromatic amines is 2. The highest BCUT2D eigenvalue weighted by Crippen LogP contribution is 2.05. The van der Waals surface area contributed by atoms with Gasteiger partial charge in [0.05, 0.1) is 6.20 Å². The van der Waals surface area contributed by atoms with E-state index < -0.39 is 0 Å². The van der Waals surface area contributed by atoms with Crippen LogP contribution in [0.25, 0.3) is 12.2 Å². The summed E-state index contributed by atoms with van der Waals surface area (Å²) in [7, 11) is 0. The molecular weight excluding hydrogens is 162 g/mol. The second-order valence-corrected chi connectivity index (χ2v) is 2.98. The Hall–Kier alpha value is -1.77. The van der Waals surface area contributed by atoms with Crippen molar-refractivity contribution in [1.82, 2.24) is 15.2 Å². The number of nitrogens with zero attached hydrogens (tertiary/aromatic N) is 1. The normalized spacial score (nSPS) is 13.0. The number of hydrogen-bond donors (Lipinski definition) is 2. The fourth-order valence-corrected chi connectivity index (χ4v) is 1.37. The third-order valence-electron chi connectivity index (χ3n) is 2.17. The molecule has 0 aliphatic rings. The molecule has 0 amide bonds. The van der Waals surface area contributed by atoms with Gasteiger partial charge < -0.3 is 4.98 Å². The number of nitrogens with one attached hydrogen (secondary N) is 2. The van der Waals surface area contributed by atoms with Crippen molar-refractivity contribution in [2.75, 3.05) is 0 Å². The Kier molecular flexibility index (Phi) is 1.77. The van der Waals surface area contributed by atoms with Crippen molar-refractivity contribution < 1.29 is 0 Å². The van der Waals surface area contributed by atoms with E-state index >= 15 is 0 Å². The molecule has 0 aromatic carbocycles. The second kappa shape index (κ2) is 2.94. The van der Waals surface area contributed by atoms with Crippen LogP contribution in [0.5, 0.6) is 0 Å². The molecule has 0 saturated carbocycles. The lowest BCUT2D eigenvalue weighted by Crippen LogP contribution is -2.22. The van der Waals surface area contributed by atoms with Crippen LogP contribution < -0.4 is 10.6 Å². The maximum Gasteiger partial charge on any atom is 0.0562 e. The molecule has 0 radical (unpaired) electrons. The van der Waals surface area contributed by atoms with Crippen molar-refractivity contribution in [3.05, 3.63) is 40.8 Å². The average Bonchev–Trinajstić information content (AvgIpc) is 2.72. The average molecular weight is 173 g/mol. The summed E-state index contributed by atoms with van der Waals surface area (Å²) in [5.74, 6) is 0. The maximum atomic E-state index is 3.91. The zero-order valence-electron chi connectivity index (χ0n) is 7.46. The highest BCUT2D eigenvalue weighted by molar-refractivity contribution is 5.61. The molecule has 0 saturated heterocycles. The molecule has 0 aliphatic carbocycles. The number of rotatable bonds is 1. The van der Waals surface area contributed by atoms with Crippen LogP contribution in [0.1, 0.15) is 12.5 Å². The topological polar surface area (TPSA) is 44.5 Å². The number of aromatic nitrogens is 3. The quantitative estimate of drug-likeness (QED) is 0.643. The van der Waals surface area contributed by atoms with E-state index in [2.05, 4.69) is 28.7 Å². The zero-order valence-corrected chi connectivity index (χ0v) is 7.46. The van der Waals surface area contributed by atoms with Gasteiger partial charge in [-0.1, -0.05) is 6.58 Å². The van der Waals surface area contributed by atoms with Crippen LogP contribution in [0.15, 0.2) is 24.7 Å². The Morgan fingerprint density at radius 2 is 2.38 bits per heavy atom. The van der Waals surface area contributed by atoms with E-state index in [1.165, 1.54) is 5.57 Å². The number of hydrogen-bond acceptors (Lipinski definition) is 1. The third-order valence-corrected chi connectivity index (χ3v) is 2.17. The van der Waals surface area contributed by atoms with Crippen LogP contribution in [0.2, 0.25) is 0 Å². The lowest BCUT2D eigenvalue weighted by Gasteiger charge is -1.92. The summed E-state index contributed by atoms with van der Waals surface area (Å²) in [6.07, 6.45) is 5.57. The molecule has 2 heterocycles. The van der Waals surface area contributed by atoms with Crippen LogP contribution >= 0.6 is 0 Å². The van der Waals surface area contributed by atoms with Crippen LogP contribution in [-0.4, -0.2) is 15.2 Å². The predicted molar refractivity (Wildman–Crippen MR) is 52.3 cm³/mol. The van der Waals surface area contributed by atoms with Crippen LogP contribution in [0, 0.1) is 0 Å². The molecular formula is C10H11N3. The van der Waals surface area contributed by atoms with Gasteiger partial charge in [0.1, 0.15) is 0 Å². The van der Waals surface area contributed by atoms with Gasteiger partial charge in [-0.2, -0.15) is 5.10 Å². The highest BCUT2D eigenvalue weighted by atomic mass is 15.1. The standard InChI is InChI=1S/C10H11N3/c1-7(9-5-12-13-6-9)10-3-4-11-8(10)2/h3-6,11H,2H2,1H3,(H,12,13)/b10-7+. The minimum atomic E-state index is 0.943. The molecule has 0 fully saturated rings. The smallest absolute Gasteiger partial charge is 0.0562 e. The third kappa shape index (κ3) is 1.28. The van der Waals surface area contributed by atoms with Crippen LogP contribution in [0.3, 0.4) is 0 Å². The minimum Gasteiger partial charge on any atom is -0.362 e. The number of H-pyrrole nitrogens is 2. The largest absolute Gasteiger partial charge is 0.362 e. The Bertz CT molecular complexity index is 491. The summed E-state index contributed by atoms with van der Waals surface area (Å²) >= 11 is 0. The van der Waals surface area contributed by atoms with E-state index in [1.807, 2.05) is 24.7 Å². The van der Waals surface area contributed by atoms with Gasteiger partial charge in [-0.15, -0.1) is 0 Å². The fraction of sp³-hybridized carbons (Fsp3) is 0.100. The fourth-order valence-electron chi connectivity index (χ4n) is 1.37. The van der Waals surface area contributed by atoms with Crippen molar-refractivity contribution in [3.63, 3.8) is 0 Å². The van der Waals surface area contributed by atoms with Gasteiger partial charge in [-0.05, 0) is 18.6 Å². The van der Waals surface area contributed by atoms with Gasteiger partial charge >= 0.3 is 0 Å². The molecule has 66 valence electrons. The Labute approximate surface area is 75.8 Å². The molecule has 13 heavy (non-hydrogen) atoms. The molecule has 2 rings (SSSR count). The second-order valence-electron chi connectivity index (χ2n) is 2.98. The lowest BCUT2D eigenvalue weighted by molar-refractivity contribution is 1.09. The highest BCUT2D eigenvalue weighted by Gasteiger charge is 1.97. The first-order valence-electron chi connectivity index (χ1n) is 4.11. The molecule has 0 atom stereocenters. The summed E-state index contributed by atoms with van der Waals surface area (Å²) in [6.45, 7) is 5.96. The minimum absolute atomic E-state index is 0.943. The molecule has 2 N–H and O–H groups in total. The molecule has 3 heteroatoms. The van der Waals surface area contributed by atoms with E-state index in [1.54, 1.807) is 0 Å². The van der Waals surface area contributed by atoms with Gasteiger partial charge in [0.15, 0.2) is 0 Å². The van der Waals surface area contributed by atoms with Crippen molar-refractivity contribution in [2.45, 2.75) is 6.92 Å². The maximum absolute atomic E-state index is 3.91. The first kappa shape index (κ1) is 7.86. The summed E-state index contributed by atoms with van der Waals surface area (Å²) in [4.78, 5) is 3.05. The molecule has 3 nitrogen and oxygen atoms in total. The van der Waals surface area contributed by atoms with Crippen molar-refractivity contribution >= 4 is 12.2 Å². The summed E-state index contributed by atoms with van der Waals surface area (Å²) in [6, 6.07) is 2.02. The molecule has 2 aromatic heterocycles. The first-order valence-corrected chi connectivity index (χ1v) is 4.11. The van der Waals surface area contributed by atoms with E-state index in [9.17, 15) is 0 Å². The Balaban J connectivity index is 2.72. The van der Waals surface area contributed by atoms with E-state index in [-0.39, 0.29) is 0 Å². The Morgan fingerprint density at radius 3 is 2.92 bits per heavy atom. The van der Waals surface area contributed by atoms with Gasteiger partial charge in [-0.25, -0.2) is 0 Å². The summed E-state index contributed by atoms with van der Waals surface area (Å²) < 4.78 is 0. The lowest BCUT2D eigenvalue weighted by atomic mass is 10.1. The van der Waals surface area contributed by atoms with Gasteiger partial charge in [0.25, 0.3) is 0 Å². The molecule has 0 bridgehead atoms. The van der Waals surface area contributed by atoms with E-state index in [0.29, 0.717) is 0 Å². The van der Waals surface area contributed by atoms with Gasteiger partial charge in [-0.3, -0.25) is 5.10 Å². The SMILES string of the molecule is C=c1[nH]cc/c1=C(/C)c1cn[nH]c1. The zero-order chi connectivity index (χ0) is 9.26. The van der Waals surface area contributed by atoms with Crippen molar-refractivity contribution in [1.29, 1.82) is 0 Å². The molecule has 0 aliphatic heterocycles. The molecule has 0 unspecified atom stereocenters. The molecule has 0 spiro atoms. The van der Waals surface area contributed by atoms with E-state index in [0.717, 1.165) is 16.1 Å². The van der Waals surface area contributed by atoms with Gasteiger partial charge in [0.2, 0.25) is 0 Å². The van der Waals surface area contributed by atoms with Crippen molar-refractivity contribution in [3.8, 4) is 0 Å². The van der Waals surface area contributed by atoms with Crippen LogP contribution in [-0.2, 0) is 0 Å². The predicted octanol–water partition coefficient (Wildman–Crippen LogP) is 0.367. The Morgan fingerprint density at radius 1 is 1.54 bits per heavy atom. The molecule has 2 aromatic rings. The van der Waals surface area contributed by atoms with E-state index in [4.69, 9.17) is 0 Å². The van der Waals surface area contributed by atoms with Crippen LogP contribution in [0.4, 0.5) is 0 Å².